The molecule has 386 valence electrons. The minimum atomic E-state index is -0.421. The molecular formula is C61H104ClFO4. The number of carbonyl (C=O) groups excluding carboxylic acids is 1. The van der Waals surface area contributed by atoms with Gasteiger partial charge in [-0.3, -0.25) is 4.79 Å². The first-order valence-corrected chi connectivity index (χ1v) is 26.7. The maximum atomic E-state index is 13.8. The lowest BCUT2D eigenvalue weighted by Gasteiger charge is -2.24. The Morgan fingerprint density at radius 1 is 0.806 bits per heavy atom. The summed E-state index contributed by atoms with van der Waals surface area (Å²) in [7, 11) is 1.84. The van der Waals surface area contributed by atoms with Gasteiger partial charge in [-0.25, -0.2) is 4.39 Å². The van der Waals surface area contributed by atoms with Crippen LogP contribution in [0.1, 0.15) is 226 Å². The summed E-state index contributed by atoms with van der Waals surface area (Å²) in [5.41, 5.74) is 7.87. The van der Waals surface area contributed by atoms with E-state index in [2.05, 4.69) is 68.4 Å². The largest absolute Gasteiger partial charge is 0.493 e. The average molecular weight is 956 g/mol. The molecule has 0 amide bonds. The zero-order valence-corrected chi connectivity index (χ0v) is 48.5. The summed E-state index contributed by atoms with van der Waals surface area (Å²) in [6.45, 7) is 45.9. The van der Waals surface area contributed by atoms with E-state index in [4.69, 9.17) is 25.8 Å². The van der Waals surface area contributed by atoms with E-state index in [1.165, 1.54) is 56.2 Å². The van der Waals surface area contributed by atoms with Gasteiger partial charge in [0, 0.05) is 28.7 Å². The van der Waals surface area contributed by atoms with Crippen LogP contribution in [0.25, 0.3) is 21.9 Å². The van der Waals surface area contributed by atoms with E-state index >= 15 is 0 Å². The van der Waals surface area contributed by atoms with Crippen molar-refractivity contribution in [2.45, 2.75) is 228 Å². The molecule has 0 radical (unpaired) electrons. The van der Waals surface area contributed by atoms with Crippen LogP contribution in [-0.2, 0) is 14.3 Å². The van der Waals surface area contributed by atoms with Crippen LogP contribution >= 0.6 is 11.6 Å². The quantitative estimate of drug-likeness (QED) is 0.0643. The van der Waals surface area contributed by atoms with E-state index in [-0.39, 0.29) is 18.2 Å². The number of ether oxygens (including phenoxy) is 3. The molecule has 0 spiro atoms. The maximum Gasteiger partial charge on any atom is 0.184 e. The van der Waals surface area contributed by atoms with E-state index in [0.29, 0.717) is 42.7 Å². The fourth-order valence-electron chi connectivity index (χ4n) is 7.43. The van der Waals surface area contributed by atoms with Gasteiger partial charge in [-0.15, -0.1) is 0 Å². The molecule has 0 N–H and O–H groups in total. The van der Waals surface area contributed by atoms with Crippen LogP contribution in [0.4, 0.5) is 4.39 Å². The smallest absolute Gasteiger partial charge is 0.184 e. The molecule has 0 aliphatic heterocycles. The Hall–Kier alpha value is -3.25. The third-order valence-electron chi connectivity index (χ3n) is 10.7. The maximum absolute atomic E-state index is 13.8. The first kappa shape index (κ1) is 70.3. The number of allylic oxidation sites excluding steroid dienone is 5. The first-order valence-electron chi connectivity index (χ1n) is 26.3. The van der Waals surface area contributed by atoms with Crippen LogP contribution in [0.2, 0.25) is 5.02 Å². The Bertz CT molecular complexity index is 1800. The van der Waals surface area contributed by atoms with E-state index in [9.17, 15) is 9.18 Å². The number of hydrogen-bond acceptors (Lipinski definition) is 4. The monoisotopic (exact) mass is 955 g/mol. The van der Waals surface area contributed by atoms with Crippen LogP contribution in [0, 0.1) is 18.7 Å². The third-order valence-corrected chi connectivity index (χ3v) is 11.0. The van der Waals surface area contributed by atoms with Gasteiger partial charge in [0.25, 0.3) is 0 Å². The van der Waals surface area contributed by atoms with E-state index in [1.807, 2.05) is 127 Å². The molecule has 0 aliphatic carbocycles. The molecule has 0 heterocycles. The molecule has 67 heavy (non-hydrogen) atoms. The number of Topliss-reactive ketones (excluding diaryl/α,β-unsaturated/α-hetero) is 1. The Balaban J connectivity index is -0.000000688. The minimum Gasteiger partial charge on any atom is -0.493 e. The van der Waals surface area contributed by atoms with Gasteiger partial charge in [-0.05, 0) is 163 Å². The SMILES string of the molecule is C/C=C(/C)C(=C(C)C)c1c(Cl)ccc(/C(CCCOc2cccc3cc(F)ccc23)=C(\CC)C(=O)COC(C)(C)C)c1C.CC.CC.CC.CC.CCCC.CCCC(CCC)C(CC)OC. The highest BCUT2D eigenvalue weighted by Gasteiger charge is 2.23. The number of rotatable bonds is 20. The fraction of sp³-hybridized carbons (Fsp3) is 0.623. The lowest BCUT2D eigenvalue weighted by Crippen LogP contribution is -2.24. The summed E-state index contributed by atoms with van der Waals surface area (Å²) < 4.78 is 31.4. The summed E-state index contributed by atoms with van der Waals surface area (Å²) in [6.07, 6.45) is 13.5. The second-order valence-corrected chi connectivity index (χ2v) is 17.1. The molecule has 3 rings (SSSR count). The van der Waals surface area contributed by atoms with Crippen LogP contribution in [0.3, 0.4) is 0 Å². The summed E-state index contributed by atoms with van der Waals surface area (Å²) in [4.78, 5) is 13.6. The Labute approximate surface area is 420 Å². The van der Waals surface area contributed by atoms with Gasteiger partial charge >= 0.3 is 0 Å². The number of methoxy groups -OCH3 is 1. The molecule has 0 saturated heterocycles. The summed E-state index contributed by atoms with van der Waals surface area (Å²) in [5, 5.41) is 2.36. The molecule has 0 aromatic heterocycles. The molecule has 0 saturated carbocycles. The van der Waals surface area contributed by atoms with Crippen LogP contribution < -0.4 is 4.74 Å². The number of ketones is 1. The van der Waals surface area contributed by atoms with Gasteiger partial charge in [0.1, 0.15) is 18.2 Å². The van der Waals surface area contributed by atoms with Crippen molar-refractivity contribution in [3.8, 4) is 5.75 Å². The second kappa shape index (κ2) is 42.8. The summed E-state index contributed by atoms with van der Waals surface area (Å²) >= 11 is 6.87. The number of carbonyl (C=O) groups is 1. The van der Waals surface area contributed by atoms with Crippen molar-refractivity contribution < 1.29 is 23.4 Å². The van der Waals surface area contributed by atoms with Gasteiger partial charge in [0.15, 0.2) is 5.78 Å². The van der Waals surface area contributed by atoms with Gasteiger partial charge in [-0.2, -0.15) is 0 Å². The van der Waals surface area contributed by atoms with Crippen molar-refractivity contribution in [2.24, 2.45) is 5.92 Å². The Morgan fingerprint density at radius 2 is 1.37 bits per heavy atom. The molecule has 1 unspecified atom stereocenters. The molecule has 3 aromatic rings. The van der Waals surface area contributed by atoms with Gasteiger partial charge < -0.3 is 14.2 Å². The van der Waals surface area contributed by atoms with Crippen LogP contribution in [-0.4, -0.2) is 37.8 Å². The zero-order valence-electron chi connectivity index (χ0n) is 47.7. The highest BCUT2D eigenvalue weighted by molar-refractivity contribution is 6.33. The van der Waals surface area contributed by atoms with E-state index < -0.39 is 5.60 Å². The Morgan fingerprint density at radius 3 is 1.82 bits per heavy atom. The number of unbranched alkanes of at least 4 members (excludes halogenated alkanes) is 1. The summed E-state index contributed by atoms with van der Waals surface area (Å²) in [6, 6.07) is 14.4. The molecule has 1 atom stereocenters. The van der Waals surface area contributed by atoms with Gasteiger partial charge in [0.05, 0.1) is 18.3 Å². The third kappa shape index (κ3) is 26.9. The molecule has 0 aliphatic rings. The number of benzene rings is 3. The standard InChI is InChI=1S/C38H46ClFO3.C11H24O.C4H10.4C2H6/c1-10-25(5)36(24(3)4)37-26(6)30(19-20-33(37)39)32(29(11-2)34(41)23-43-38(7,8)9)15-13-21-42-35-16-12-14-27-22-28(40)17-18-31(27)35;1-5-8-10(9-6-2)11(7-3)12-4;1-3-4-2;4*1-2/h10,12,14,16-20,22H,11,13,15,21,23H2,1-9H3;10-11H,5-9H2,1-4H3;3-4H2,1-2H3;4*1-2H3/b25-10-,32-29+;;;;;;. The predicted octanol–water partition coefficient (Wildman–Crippen LogP) is 20.6. The molecule has 0 bridgehead atoms. The van der Waals surface area contributed by atoms with Gasteiger partial charge in [-0.1, -0.05) is 164 Å². The van der Waals surface area contributed by atoms with Crippen molar-refractivity contribution in [3.05, 3.63) is 98.9 Å². The molecule has 4 nitrogen and oxygen atoms in total. The van der Waals surface area contributed by atoms with E-state index in [0.717, 1.165) is 62.1 Å². The molecule has 3 aromatic carbocycles. The summed E-state index contributed by atoms with van der Waals surface area (Å²) in [5.74, 6) is 1.22. The lowest BCUT2D eigenvalue weighted by molar-refractivity contribution is -0.124. The topological polar surface area (TPSA) is 44.8 Å². The number of hydrogen-bond donors (Lipinski definition) is 0. The molecular weight excluding hydrogens is 851 g/mol. The first-order chi connectivity index (χ1) is 32.0. The fourth-order valence-corrected chi connectivity index (χ4v) is 7.73. The van der Waals surface area contributed by atoms with Crippen LogP contribution in [0.5, 0.6) is 5.75 Å². The Kier molecular flexibility index (Phi) is 44.9. The minimum absolute atomic E-state index is 0.00704. The normalized spacial score (nSPS) is 11.5. The van der Waals surface area contributed by atoms with Crippen molar-refractivity contribution in [1.82, 2.24) is 0 Å². The zero-order chi connectivity index (χ0) is 52.7. The van der Waals surface area contributed by atoms with Crippen molar-refractivity contribution in [3.63, 3.8) is 0 Å². The number of halogens is 2. The van der Waals surface area contributed by atoms with Crippen LogP contribution in [0.15, 0.2) is 71.3 Å². The number of fused-ring (bicyclic) bond motifs is 1. The van der Waals surface area contributed by atoms with Crippen molar-refractivity contribution in [2.75, 3.05) is 20.3 Å². The molecule has 0 fully saturated rings. The lowest BCUT2D eigenvalue weighted by atomic mass is 9.84. The highest BCUT2D eigenvalue weighted by Crippen LogP contribution is 2.40. The van der Waals surface area contributed by atoms with E-state index in [1.54, 1.807) is 6.07 Å². The predicted molar refractivity (Wildman–Crippen MR) is 301 cm³/mol. The highest BCUT2D eigenvalue weighted by atomic mass is 35.5. The average Bonchev–Trinajstić information content (AvgIpc) is 3.33. The molecule has 6 heteroatoms. The second-order valence-electron chi connectivity index (χ2n) is 16.7. The van der Waals surface area contributed by atoms with Gasteiger partial charge in [0.2, 0.25) is 0 Å². The van der Waals surface area contributed by atoms with Crippen molar-refractivity contribution in [1.29, 1.82) is 0 Å². The van der Waals surface area contributed by atoms with Crippen molar-refractivity contribution >= 4 is 39.3 Å².